The molecule has 0 aromatic heterocycles. The van der Waals surface area contributed by atoms with E-state index in [-0.39, 0.29) is 4.90 Å². The van der Waals surface area contributed by atoms with Crippen molar-refractivity contribution < 1.29 is 44.3 Å². The lowest BCUT2D eigenvalue weighted by Gasteiger charge is -2.56. The lowest BCUT2D eigenvalue weighted by Crippen LogP contribution is -2.84. The Morgan fingerprint density at radius 3 is 2.11 bits per heavy atom. The van der Waals surface area contributed by atoms with Gasteiger partial charge in [-0.05, 0) is 12.5 Å². The number of carbonyl (C=O) groups excluding carboxylic acids is 4. The van der Waals surface area contributed by atoms with Gasteiger partial charge in [-0.25, -0.2) is 0 Å². The van der Waals surface area contributed by atoms with E-state index in [4.69, 9.17) is 10.3 Å². The first-order chi connectivity index (χ1) is 12.4. The van der Waals surface area contributed by atoms with Gasteiger partial charge >= 0.3 is 0 Å². The number of hydrogen-bond acceptors (Lipinski definition) is 10. The van der Waals surface area contributed by atoms with Gasteiger partial charge in [-0.1, -0.05) is 5.11 Å². The number of amides is 2. The highest BCUT2D eigenvalue weighted by molar-refractivity contribution is 6.07. The molecular weight excluding hydrogens is 368 g/mol. The number of azide groups is 1. The Hall–Kier alpha value is -2.41. The van der Waals surface area contributed by atoms with Crippen molar-refractivity contribution in [3.8, 4) is 0 Å². The van der Waals surface area contributed by atoms with Gasteiger partial charge in [-0.2, -0.15) is 0 Å². The van der Waals surface area contributed by atoms with Crippen molar-refractivity contribution >= 4 is 23.4 Å². The Morgan fingerprint density at radius 1 is 1.19 bits per heavy atom. The van der Waals surface area contributed by atoms with E-state index < -0.39 is 66.2 Å². The van der Waals surface area contributed by atoms with E-state index in [1.807, 2.05) is 0 Å². The fourth-order valence-corrected chi connectivity index (χ4v) is 3.20. The molecule has 2 amide bonds. The molecule has 150 valence electrons. The fourth-order valence-electron chi connectivity index (χ4n) is 3.20. The average Bonchev–Trinajstić information content (AvgIpc) is 2.58. The molecule has 13 nitrogen and oxygen atoms in total. The maximum absolute atomic E-state index is 12.5. The number of Topliss-reactive ketones (excluding diaryl/α,β-unsaturated/α-hetero) is 2. The standard InChI is InChI=1S/C14H20N4O9/c1-6(20)13(18(8(3)22)10(23)4-16-17-15)12(25)11(24)9(5-19)27-14(13,26)7(2)21/h9,11-12,19,24-26H,4-5H2,1-3H3/t9-,11-,12+,13+,14?/m1/s1. The van der Waals surface area contributed by atoms with Gasteiger partial charge in [0.15, 0.2) is 17.1 Å². The summed E-state index contributed by atoms with van der Waals surface area (Å²) in [6.07, 6.45) is -6.18. The number of imide groups is 1. The van der Waals surface area contributed by atoms with Crippen LogP contribution >= 0.6 is 0 Å². The van der Waals surface area contributed by atoms with Crippen molar-refractivity contribution in [2.24, 2.45) is 5.11 Å². The second kappa shape index (κ2) is 8.08. The van der Waals surface area contributed by atoms with Gasteiger partial charge in [0.25, 0.3) is 5.79 Å². The zero-order valence-electron chi connectivity index (χ0n) is 14.8. The third kappa shape index (κ3) is 3.32. The molecule has 0 saturated carbocycles. The minimum atomic E-state index is -3.29. The second-order valence-electron chi connectivity index (χ2n) is 5.93. The molecule has 5 atom stereocenters. The van der Waals surface area contributed by atoms with E-state index in [2.05, 4.69) is 10.0 Å². The van der Waals surface area contributed by atoms with Crippen LogP contribution in [0.1, 0.15) is 20.8 Å². The Bertz CT molecular complexity index is 707. The molecule has 1 aliphatic heterocycles. The molecule has 1 fully saturated rings. The van der Waals surface area contributed by atoms with Gasteiger partial charge in [-0.15, -0.1) is 0 Å². The van der Waals surface area contributed by atoms with Crippen LogP contribution < -0.4 is 0 Å². The van der Waals surface area contributed by atoms with Crippen LogP contribution in [0.4, 0.5) is 0 Å². The van der Waals surface area contributed by atoms with Crippen molar-refractivity contribution in [3.05, 3.63) is 10.4 Å². The van der Waals surface area contributed by atoms with Gasteiger partial charge in [-0.3, -0.25) is 24.1 Å². The largest absolute Gasteiger partial charge is 0.394 e. The monoisotopic (exact) mass is 388 g/mol. The maximum atomic E-state index is 12.5. The predicted octanol–water partition coefficient (Wildman–Crippen LogP) is -2.61. The van der Waals surface area contributed by atoms with Crippen LogP contribution in [0.5, 0.6) is 0 Å². The molecule has 0 aliphatic carbocycles. The maximum Gasteiger partial charge on any atom is 0.261 e. The SMILES string of the molecule is CC(=O)N(C(=O)CN=[N+]=[N-])[C@@]1(C(C)=O)[C@@H](O)[C@H](O)[C@@H](CO)OC1(O)C(C)=O. The van der Waals surface area contributed by atoms with E-state index in [0.29, 0.717) is 0 Å². The molecule has 27 heavy (non-hydrogen) atoms. The van der Waals surface area contributed by atoms with Crippen molar-refractivity contribution in [1.82, 2.24) is 4.90 Å². The summed E-state index contributed by atoms with van der Waals surface area (Å²) in [5, 5.41) is 43.9. The molecule has 0 aromatic carbocycles. The highest BCUT2D eigenvalue weighted by Crippen LogP contribution is 2.43. The number of carbonyl (C=O) groups is 4. The molecule has 0 aromatic rings. The molecule has 4 N–H and O–H groups in total. The first-order valence-electron chi connectivity index (χ1n) is 7.67. The average molecular weight is 388 g/mol. The highest BCUT2D eigenvalue weighted by Gasteiger charge is 2.73. The van der Waals surface area contributed by atoms with E-state index in [1.165, 1.54) is 0 Å². The van der Waals surface area contributed by atoms with Crippen molar-refractivity contribution in [3.63, 3.8) is 0 Å². The summed E-state index contributed by atoms with van der Waals surface area (Å²) in [6, 6.07) is 0. The molecule has 1 heterocycles. The Morgan fingerprint density at radius 2 is 1.74 bits per heavy atom. The lowest BCUT2D eigenvalue weighted by atomic mass is 9.71. The normalized spacial score (nSPS) is 32.9. The quantitative estimate of drug-likeness (QED) is 0.213. The summed E-state index contributed by atoms with van der Waals surface area (Å²) in [4.78, 5) is 51.7. The zero-order valence-corrected chi connectivity index (χ0v) is 14.8. The summed E-state index contributed by atoms with van der Waals surface area (Å²) < 4.78 is 5.01. The smallest absolute Gasteiger partial charge is 0.261 e. The highest BCUT2D eigenvalue weighted by atomic mass is 16.7. The van der Waals surface area contributed by atoms with Crippen LogP contribution in [0.2, 0.25) is 0 Å². The van der Waals surface area contributed by atoms with Crippen LogP contribution in [0.15, 0.2) is 5.11 Å². The third-order valence-corrected chi connectivity index (χ3v) is 4.35. The topological polar surface area (TPSA) is 210 Å². The molecule has 0 bridgehead atoms. The van der Waals surface area contributed by atoms with E-state index in [9.17, 15) is 39.6 Å². The van der Waals surface area contributed by atoms with Crippen molar-refractivity contribution in [1.29, 1.82) is 0 Å². The number of nitrogens with zero attached hydrogens (tertiary/aromatic N) is 4. The van der Waals surface area contributed by atoms with Gasteiger partial charge < -0.3 is 25.2 Å². The molecule has 1 rings (SSSR count). The minimum absolute atomic E-state index is 0.0346. The minimum Gasteiger partial charge on any atom is -0.394 e. The summed E-state index contributed by atoms with van der Waals surface area (Å²) >= 11 is 0. The molecule has 1 aliphatic rings. The number of ether oxygens (including phenoxy) is 1. The van der Waals surface area contributed by atoms with Crippen LogP contribution in [0.25, 0.3) is 10.4 Å². The van der Waals surface area contributed by atoms with Crippen molar-refractivity contribution in [2.75, 3.05) is 13.2 Å². The predicted molar refractivity (Wildman–Crippen MR) is 84.6 cm³/mol. The first kappa shape index (κ1) is 22.6. The fraction of sp³-hybridized carbons (Fsp3) is 0.714. The Balaban J connectivity index is 3.86. The van der Waals surface area contributed by atoms with Gasteiger partial charge in [0.05, 0.1) is 6.61 Å². The third-order valence-electron chi connectivity index (χ3n) is 4.35. The van der Waals surface area contributed by atoms with Crippen LogP contribution in [0.3, 0.4) is 0 Å². The summed E-state index contributed by atoms with van der Waals surface area (Å²) in [5.74, 6) is -8.40. The van der Waals surface area contributed by atoms with Crippen LogP contribution in [0, 0.1) is 0 Å². The molecule has 0 spiro atoms. The Labute approximate surface area is 152 Å². The lowest BCUT2D eigenvalue weighted by molar-refractivity contribution is -0.334. The second-order valence-corrected chi connectivity index (χ2v) is 5.93. The number of rotatable bonds is 6. The number of hydrogen-bond donors (Lipinski definition) is 4. The van der Waals surface area contributed by atoms with E-state index in [1.54, 1.807) is 0 Å². The van der Waals surface area contributed by atoms with Gasteiger partial charge in [0, 0.05) is 18.8 Å². The summed E-state index contributed by atoms with van der Waals surface area (Å²) in [5.41, 5.74) is 5.28. The molecule has 1 unspecified atom stereocenters. The molecule has 13 heteroatoms. The Kier molecular flexibility index (Phi) is 6.78. The molecule has 0 radical (unpaired) electrons. The van der Waals surface area contributed by atoms with Gasteiger partial charge in [0.2, 0.25) is 11.8 Å². The number of ketones is 2. The number of aliphatic hydroxyl groups excluding tert-OH is 3. The number of aliphatic hydroxyl groups is 4. The first-order valence-corrected chi connectivity index (χ1v) is 7.67. The van der Waals surface area contributed by atoms with Crippen LogP contribution in [-0.2, 0) is 23.9 Å². The van der Waals surface area contributed by atoms with Crippen molar-refractivity contribution in [2.45, 2.75) is 50.4 Å². The van der Waals surface area contributed by atoms with E-state index >= 15 is 0 Å². The van der Waals surface area contributed by atoms with E-state index in [0.717, 1.165) is 20.8 Å². The molecular formula is C14H20N4O9. The molecule has 1 saturated heterocycles. The summed E-state index contributed by atoms with van der Waals surface area (Å²) in [6.45, 7) is 0.340. The van der Waals surface area contributed by atoms with Crippen LogP contribution in [-0.4, -0.2) is 91.5 Å². The van der Waals surface area contributed by atoms with Gasteiger partial charge in [0.1, 0.15) is 24.9 Å². The summed E-state index contributed by atoms with van der Waals surface area (Å²) in [7, 11) is 0. The zero-order chi connectivity index (χ0) is 21.2.